The Hall–Kier alpha value is -0.900. The van der Waals surface area contributed by atoms with Crippen LogP contribution in [-0.4, -0.2) is 24.8 Å². The van der Waals surface area contributed by atoms with Crippen molar-refractivity contribution in [2.45, 2.75) is 13.0 Å². The van der Waals surface area contributed by atoms with Crippen LogP contribution >= 0.6 is 0 Å². The maximum absolute atomic E-state index is 10.4. The Bertz CT molecular complexity index is 114. The summed E-state index contributed by atoms with van der Waals surface area (Å²) < 4.78 is 0. The SMILES string of the molecule is C[C@@H](C=O)NC(=O)CN. The number of carbonyl (C=O) groups excluding carboxylic acids is 2. The minimum absolute atomic E-state index is 0.0713. The molecular weight excluding hydrogens is 120 g/mol. The maximum atomic E-state index is 10.4. The Labute approximate surface area is 53.4 Å². The van der Waals surface area contributed by atoms with E-state index in [0.29, 0.717) is 6.29 Å². The van der Waals surface area contributed by atoms with Crippen LogP contribution in [0.5, 0.6) is 0 Å². The molecule has 0 saturated carbocycles. The van der Waals surface area contributed by atoms with Crippen molar-refractivity contribution in [2.24, 2.45) is 5.73 Å². The molecule has 0 unspecified atom stereocenters. The highest BCUT2D eigenvalue weighted by Crippen LogP contribution is 1.71. The molecule has 0 heterocycles. The molecule has 4 heteroatoms. The standard InChI is InChI=1S/C5H10N2O2/c1-4(3-8)7-5(9)2-6/h3-4H,2,6H2,1H3,(H,7,9)/t4-/m0/s1. The molecule has 0 aliphatic heterocycles. The van der Waals surface area contributed by atoms with Gasteiger partial charge in [0.15, 0.2) is 0 Å². The van der Waals surface area contributed by atoms with Gasteiger partial charge in [-0.3, -0.25) is 4.79 Å². The van der Waals surface area contributed by atoms with Crippen LogP contribution in [0.2, 0.25) is 0 Å². The van der Waals surface area contributed by atoms with Gasteiger partial charge in [0.1, 0.15) is 6.29 Å². The number of nitrogens with two attached hydrogens (primary N) is 1. The van der Waals surface area contributed by atoms with Crippen LogP contribution in [0.15, 0.2) is 0 Å². The quantitative estimate of drug-likeness (QED) is 0.464. The second-order valence-corrected chi connectivity index (χ2v) is 1.70. The van der Waals surface area contributed by atoms with Gasteiger partial charge in [-0.25, -0.2) is 0 Å². The Balaban J connectivity index is 3.46. The normalized spacial score (nSPS) is 12.2. The molecule has 0 aromatic carbocycles. The average molecular weight is 130 g/mol. The van der Waals surface area contributed by atoms with Crippen LogP contribution in [0, 0.1) is 0 Å². The van der Waals surface area contributed by atoms with E-state index in [1.807, 2.05) is 0 Å². The number of carbonyl (C=O) groups is 2. The predicted octanol–water partition coefficient (Wildman–Crippen LogP) is -1.35. The van der Waals surface area contributed by atoms with Crippen molar-refractivity contribution in [3.05, 3.63) is 0 Å². The molecule has 0 aromatic heterocycles. The second kappa shape index (κ2) is 4.03. The van der Waals surface area contributed by atoms with Crippen LogP contribution in [-0.2, 0) is 9.59 Å². The van der Waals surface area contributed by atoms with Crippen molar-refractivity contribution in [3.63, 3.8) is 0 Å². The smallest absolute Gasteiger partial charge is 0.234 e. The third-order valence-electron chi connectivity index (χ3n) is 0.778. The first-order valence-electron chi connectivity index (χ1n) is 2.65. The minimum Gasteiger partial charge on any atom is -0.346 e. The molecule has 0 aliphatic rings. The van der Waals surface area contributed by atoms with Crippen LogP contribution < -0.4 is 11.1 Å². The predicted molar refractivity (Wildman–Crippen MR) is 32.7 cm³/mol. The van der Waals surface area contributed by atoms with Gasteiger partial charge in [-0.1, -0.05) is 0 Å². The first-order valence-corrected chi connectivity index (χ1v) is 2.65. The fourth-order valence-corrected chi connectivity index (χ4v) is 0.347. The van der Waals surface area contributed by atoms with Crippen molar-refractivity contribution >= 4 is 12.2 Å². The van der Waals surface area contributed by atoms with Gasteiger partial charge in [0.25, 0.3) is 0 Å². The van der Waals surface area contributed by atoms with E-state index in [0.717, 1.165) is 0 Å². The van der Waals surface area contributed by atoms with E-state index in [9.17, 15) is 9.59 Å². The number of rotatable bonds is 3. The molecule has 0 fully saturated rings. The van der Waals surface area contributed by atoms with Crippen molar-refractivity contribution in [3.8, 4) is 0 Å². The van der Waals surface area contributed by atoms with Gasteiger partial charge in [0.05, 0.1) is 12.6 Å². The van der Waals surface area contributed by atoms with Crippen LogP contribution in [0.4, 0.5) is 0 Å². The van der Waals surface area contributed by atoms with Crippen molar-refractivity contribution < 1.29 is 9.59 Å². The molecule has 3 N–H and O–H groups in total. The number of hydrogen-bond donors (Lipinski definition) is 2. The molecular formula is C5H10N2O2. The summed E-state index contributed by atoms with van der Waals surface area (Å²) in [5.41, 5.74) is 4.95. The maximum Gasteiger partial charge on any atom is 0.234 e. The lowest BCUT2D eigenvalue weighted by Gasteiger charge is -2.03. The summed E-state index contributed by atoms with van der Waals surface area (Å²) in [6, 6.07) is -0.430. The van der Waals surface area contributed by atoms with Crippen LogP contribution in [0.3, 0.4) is 0 Å². The van der Waals surface area contributed by atoms with Crippen molar-refractivity contribution in [2.75, 3.05) is 6.54 Å². The number of aldehydes is 1. The second-order valence-electron chi connectivity index (χ2n) is 1.70. The van der Waals surface area contributed by atoms with Crippen molar-refractivity contribution in [1.82, 2.24) is 5.32 Å². The molecule has 9 heavy (non-hydrogen) atoms. The third-order valence-corrected chi connectivity index (χ3v) is 0.778. The molecule has 0 spiro atoms. The zero-order valence-corrected chi connectivity index (χ0v) is 5.26. The summed E-state index contributed by atoms with van der Waals surface area (Å²) in [4.78, 5) is 20.3. The Morgan fingerprint density at radius 1 is 1.89 bits per heavy atom. The van der Waals surface area contributed by atoms with Gasteiger partial charge in [0, 0.05) is 0 Å². The van der Waals surface area contributed by atoms with Gasteiger partial charge in [0.2, 0.25) is 5.91 Å². The highest BCUT2D eigenvalue weighted by Gasteiger charge is 2.01. The Kier molecular flexibility index (Phi) is 3.62. The lowest BCUT2D eigenvalue weighted by atomic mass is 10.4. The molecule has 1 amide bonds. The van der Waals surface area contributed by atoms with Crippen LogP contribution in [0.1, 0.15) is 6.92 Å². The fraction of sp³-hybridized carbons (Fsp3) is 0.600. The number of amides is 1. The first-order chi connectivity index (χ1) is 4.20. The average Bonchev–Trinajstić information content (AvgIpc) is 1.87. The van der Waals surface area contributed by atoms with E-state index < -0.39 is 6.04 Å². The van der Waals surface area contributed by atoms with Crippen LogP contribution in [0.25, 0.3) is 0 Å². The molecule has 0 bridgehead atoms. The van der Waals surface area contributed by atoms with E-state index in [1.165, 1.54) is 0 Å². The summed E-state index contributed by atoms with van der Waals surface area (Å²) in [6.45, 7) is 1.51. The third kappa shape index (κ3) is 3.66. The number of hydrogen-bond acceptors (Lipinski definition) is 3. The molecule has 0 aromatic rings. The Morgan fingerprint density at radius 2 is 2.44 bits per heavy atom. The summed E-state index contributed by atoms with van der Waals surface area (Å²) in [5, 5.41) is 2.35. The molecule has 0 saturated heterocycles. The lowest BCUT2D eigenvalue weighted by Crippen LogP contribution is -2.37. The fourth-order valence-electron chi connectivity index (χ4n) is 0.347. The van der Waals surface area contributed by atoms with Gasteiger partial charge >= 0.3 is 0 Å². The highest BCUT2D eigenvalue weighted by molar-refractivity contribution is 5.80. The molecule has 1 atom stereocenters. The molecule has 4 nitrogen and oxygen atoms in total. The van der Waals surface area contributed by atoms with Gasteiger partial charge in [-0.05, 0) is 6.92 Å². The van der Waals surface area contributed by atoms with Crippen molar-refractivity contribution in [1.29, 1.82) is 0 Å². The monoisotopic (exact) mass is 130 g/mol. The Morgan fingerprint density at radius 3 is 2.78 bits per heavy atom. The zero-order chi connectivity index (χ0) is 7.28. The summed E-state index contributed by atoms with van der Waals surface area (Å²) in [7, 11) is 0. The molecule has 0 aliphatic carbocycles. The topological polar surface area (TPSA) is 72.2 Å². The molecule has 0 rings (SSSR count). The molecule has 52 valence electrons. The first kappa shape index (κ1) is 8.10. The summed E-state index contributed by atoms with van der Waals surface area (Å²) >= 11 is 0. The highest BCUT2D eigenvalue weighted by atomic mass is 16.2. The van der Waals surface area contributed by atoms with Gasteiger partial charge in [-0.15, -0.1) is 0 Å². The van der Waals surface area contributed by atoms with E-state index in [-0.39, 0.29) is 12.5 Å². The van der Waals surface area contributed by atoms with Gasteiger partial charge < -0.3 is 15.8 Å². The number of nitrogens with one attached hydrogen (secondary N) is 1. The van der Waals surface area contributed by atoms with E-state index in [1.54, 1.807) is 6.92 Å². The summed E-state index contributed by atoms with van der Waals surface area (Å²) in [6.07, 6.45) is 0.646. The van der Waals surface area contributed by atoms with E-state index >= 15 is 0 Å². The van der Waals surface area contributed by atoms with E-state index in [2.05, 4.69) is 5.32 Å². The van der Waals surface area contributed by atoms with Gasteiger partial charge in [-0.2, -0.15) is 0 Å². The van der Waals surface area contributed by atoms with E-state index in [4.69, 9.17) is 5.73 Å². The largest absolute Gasteiger partial charge is 0.346 e. The zero-order valence-electron chi connectivity index (χ0n) is 5.26. The molecule has 0 radical (unpaired) electrons. The summed E-state index contributed by atoms with van der Waals surface area (Å²) in [5.74, 6) is -0.311. The minimum atomic E-state index is -0.430. The lowest BCUT2D eigenvalue weighted by molar-refractivity contribution is -0.122.